The summed E-state index contributed by atoms with van der Waals surface area (Å²) in [5.74, 6) is 1.33. The Labute approximate surface area is 315 Å². The van der Waals surface area contributed by atoms with Crippen LogP contribution in [0.2, 0.25) is 0 Å². The third-order valence-corrected chi connectivity index (χ3v) is 11.8. The lowest BCUT2D eigenvalue weighted by molar-refractivity contribution is 0.233. The van der Waals surface area contributed by atoms with Gasteiger partial charge in [-0.05, 0) is 72.0 Å². The van der Waals surface area contributed by atoms with Crippen LogP contribution in [0.25, 0.3) is 64.9 Å². The van der Waals surface area contributed by atoms with Crippen molar-refractivity contribution < 1.29 is 4.74 Å². The quantitative estimate of drug-likeness (QED) is 0.138. The van der Waals surface area contributed by atoms with Gasteiger partial charge < -0.3 is 14.7 Å². The van der Waals surface area contributed by atoms with E-state index < -0.39 is 0 Å². The van der Waals surface area contributed by atoms with E-state index in [4.69, 9.17) is 14.7 Å². The number of unbranched alkanes of at least 4 members (excludes halogenated alkanes) is 1. The first-order chi connectivity index (χ1) is 26.1. The molecule has 8 aromatic rings. The number of nitriles is 2. The molecule has 0 aliphatic carbocycles. The molecule has 7 nitrogen and oxygen atoms in total. The molecule has 1 unspecified atom stereocenters. The Morgan fingerprint density at radius 1 is 0.679 bits per heavy atom. The Bertz CT molecular complexity index is 2630. The standard InChI is InChI=1S/C44H36N6OS2/c1-3-5-13-27(4-2)26-51-30-22-20-29(21-23-30)40-38-37(41(50-40)31(24-45)43-47-33-16-9-11-18-35(33)52-43)39(28-14-7-6-8-15-28)49-42(38)32(25-46)44-48-34-17-10-12-19-36(34)53-44/h6-12,14-23,27,49-50H,3-5,13,26H2,1-2H3/b41-31-,42-32-. The smallest absolute Gasteiger partial charge is 0.137 e. The minimum atomic E-state index is 0.432. The molecule has 53 heavy (non-hydrogen) atoms. The van der Waals surface area contributed by atoms with E-state index in [1.165, 1.54) is 35.5 Å². The van der Waals surface area contributed by atoms with Gasteiger partial charge in [-0.3, -0.25) is 0 Å². The first-order valence-corrected chi connectivity index (χ1v) is 19.6. The monoisotopic (exact) mass is 728 g/mol. The number of hydrogen-bond donors (Lipinski definition) is 2. The number of aromatic amines is 2. The van der Waals surface area contributed by atoms with Crippen molar-refractivity contribution in [1.82, 2.24) is 19.9 Å². The van der Waals surface area contributed by atoms with E-state index in [9.17, 15) is 10.5 Å². The molecule has 0 radical (unpaired) electrons. The predicted octanol–water partition coefficient (Wildman–Crippen LogP) is 10.1. The molecule has 0 amide bonds. The van der Waals surface area contributed by atoms with Crippen LogP contribution in [-0.2, 0) is 0 Å². The zero-order valence-corrected chi connectivity index (χ0v) is 31.1. The second-order valence-electron chi connectivity index (χ2n) is 13.1. The summed E-state index contributed by atoms with van der Waals surface area (Å²) in [6.45, 7) is 5.13. The number of fused-ring (bicyclic) bond motifs is 3. The molecule has 4 aromatic heterocycles. The largest absolute Gasteiger partial charge is 0.493 e. The first kappa shape index (κ1) is 34.1. The molecule has 0 saturated heterocycles. The van der Waals surface area contributed by atoms with Gasteiger partial charge in [-0.1, -0.05) is 87.7 Å². The molecular weight excluding hydrogens is 693 g/mol. The Balaban J connectivity index is 1.41. The summed E-state index contributed by atoms with van der Waals surface area (Å²) < 4.78 is 8.29. The van der Waals surface area contributed by atoms with Gasteiger partial charge in [0, 0.05) is 10.8 Å². The fourth-order valence-corrected chi connectivity index (χ4v) is 8.81. The topological polar surface area (TPSA) is 114 Å². The van der Waals surface area contributed by atoms with Gasteiger partial charge in [0.1, 0.15) is 39.0 Å². The molecule has 0 bridgehead atoms. The number of H-pyrrole nitrogens is 2. The van der Waals surface area contributed by atoms with Gasteiger partial charge >= 0.3 is 0 Å². The summed E-state index contributed by atoms with van der Waals surface area (Å²) in [5, 5.41) is 25.9. The van der Waals surface area contributed by atoms with Crippen molar-refractivity contribution in [1.29, 1.82) is 10.5 Å². The predicted molar refractivity (Wildman–Crippen MR) is 217 cm³/mol. The fourth-order valence-electron chi connectivity index (χ4n) is 6.87. The van der Waals surface area contributed by atoms with Gasteiger partial charge in [-0.15, -0.1) is 22.7 Å². The van der Waals surface area contributed by atoms with Crippen molar-refractivity contribution in [2.24, 2.45) is 5.92 Å². The van der Waals surface area contributed by atoms with Crippen LogP contribution >= 0.6 is 22.7 Å². The zero-order valence-electron chi connectivity index (χ0n) is 29.4. The minimum absolute atomic E-state index is 0.432. The molecule has 0 aliphatic heterocycles. The highest BCUT2D eigenvalue weighted by Gasteiger charge is 2.24. The number of aromatic nitrogens is 4. The summed E-state index contributed by atoms with van der Waals surface area (Å²) in [7, 11) is 0. The SMILES string of the molecule is CCCCC(CC)COc1ccc(-c2[nH]/c(=C(/C#N)c3nc4ccccc4s3)c3c(-c4ccccc4)[nH]/c(=C(/C#N)c4nc5ccccc5s4)c23)cc1. The molecule has 0 spiro atoms. The van der Waals surface area contributed by atoms with E-state index >= 15 is 0 Å². The second kappa shape index (κ2) is 14.9. The van der Waals surface area contributed by atoms with Gasteiger partial charge in [0.05, 0.1) is 49.1 Å². The maximum atomic E-state index is 10.9. The van der Waals surface area contributed by atoms with Crippen LogP contribution in [-0.4, -0.2) is 26.5 Å². The third-order valence-electron chi connectivity index (χ3n) is 9.72. The van der Waals surface area contributed by atoms with E-state index in [0.717, 1.165) is 72.3 Å². The molecule has 9 heteroatoms. The van der Waals surface area contributed by atoms with Crippen LogP contribution < -0.4 is 15.4 Å². The number of benzene rings is 4. The van der Waals surface area contributed by atoms with Crippen LogP contribution in [0.4, 0.5) is 0 Å². The van der Waals surface area contributed by atoms with Gasteiger partial charge in [-0.25, -0.2) is 9.97 Å². The highest BCUT2D eigenvalue weighted by Crippen LogP contribution is 2.34. The number of nitrogens with one attached hydrogen (secondary N) is 2. The third kappa shape index (κ3) is 6.51. The molecule has 260 valence electrons. The number of ether oxygens (including phenoxy) is 1. The number of hydrogen-bond acceptors (Lipinski definition) is 7. The van der Waals surface area contributed by atoms with Crippen LogP contribution in [0.3, 0.4) is 0 Å². The highest BCUT2D eigenvalue weighted by atomic mass is 32.1. The average molecular weight is 729 g/mol. The van der Waals surface area contributed by atoms with Crippen molar-refractivity contribution >= 4 is 65.0 Å². The van der Waals surface area contributed by atoms with Crippen molar-refractivity contribution in [3.8, 4) is 40.4 Å². The van der Waals surface area contributed by atoms with Gasteiger partial charge in [0.25, 0.3) is 0 Å². The molecule has 0 saturated carbocycles. The highest BCUT2D eigenvalue weighted by molar-refractivity contribution is 7.20. The summed E-state index contributed by atoms with van der Waals surface area (Å²) in [5.41, 5.74) is 5.95. The van der Waals surface area contributed by atoms with Crippen molar-refractivity contribution in [3.05, 3.63) is 124 Å². The molecule has 0 aliphatic rings. The molecule has 2 N–H and O–H groups in total. The van der Waals surface area contributed by atoms with Crippen LogP contribution in [0.5, 0.6) is 5.75 Å². The Hall–Kier alpha value is -6.00. The van der Waals surface area contributed by atoms with E-state index in [0.29, 0.717) is 44.4 Å². The van der Waals surface area contributed by atoms with Crippen molar-refractivity contribution in [3.63, 3.8) is 0 Å². The fraction of sp³-hybridized carbons (Fsp3) is 0.182. The van der Waals surface area contributed by atoms with E-state index in [1.807, 2.05) is 103 Å². The van der Waals surface area contributed by atoms with Crippen molar-refractivity contribution in [2.45, 2.75) is 39.5 Å². The molecule has 4 heterocycles. The molecular formula is C44H36N6OS2. The first-order valence-electron chi connectivity index (χ1n) is 17.9. The Kier molecular flexibility index (Phi) is 9.60. The average Bonchev–Trinajstić information content (AvgIpc) is 4.00. The summed E-state index contributed by atoms with van der Waals surface area (Å²) >= 11 is 2.98. The number of rotatable bonds is 11. The lowest BCUT2D eigenvalue weighted by Crippen LogP contribution is -2.11. The summed E-state index contributed by atoms with van der Waals surface area (Å²) in [6, 6.07) is 39.0. The Morgan fingerprint density at radius 3 is 1.68 bits per heavy atom. The van der Waals surface area contributed by atoms with E-state index in [2.05, 4.69) is 36.0 Å². The lowest BCUT2D eigenvalue weighted by atomic mass is 10.0. The number of nitrogens with zero attached hydrogens (tertiary/aromatic N) is 4. The van der Waals surface area contributed by atoms with Gasteiger partial charge in [0.2, 0.25) is 0 Å². The van der Waals surface area contributed by atoms with Gasteiger partial charge in [-0.2, -0.15) is 10.5 Å². The van der Waals surface area contributed by atoms with Crippen LogP contribution in [0.1, 0.15) is 49.5 Å². The van der Waals surface area contributed by atoms with Crippen LogP contribution in [0, 0.1) is 28.6 Å². The van der Waals surface area contributed by atoms with Gasteiger partial charge in [0.15, 0.2) is 0 Å². The normalized spacial score (nSPS) is 13.2. The molecule has 8 rings (SSSR count). The maximum Gasteiger partial charge on any atom is 0.137 e. The van der Waals surface area contributed by atoms with E-state index in [1.54, 1.807) is 0 Å². The number of para-hydroxylation sites is 2. The zero-order chi connectivity index (χ0) is 36.3. The maximum absolute atomic E-state index is 10.9. The minimum Gasteiger partial charge on any atom is -0.493 e. The molecule has 1 atom stereocenters. The van der Waals surface area contributed by atoms with E-state index in [-0.39, 0.29) is 0 Å². The number of thiazole rings is 2. The molecule has 0 fully saturated rings. The second-order valence-corrected chi connectivity index (χ2v) is 15.1. The lowest BCUT2D eigenvalue weighted by Gasteiger charge is -2.15. The summed E-state index contributed by atoms with van der Waals surface area (Å²) in [4.78, 5) is 17.2. The summed E-state index contributed by atoms with van der Waals surface area (Å²) in [6.07, 6.45) is 4.62. The van der Waals surface area contributed by atoms with Crippen molar-refractivity contribution in [2.75, 3.05) is 6.61 Å². The van der Waals surface area contributed by atoms with Crippen LogP contribution in [0.15, 0.2) is 103 Å². The Morgan fingerprint density at radius 2 is 1.19 bits per heavy atom. The molecule has 4 aromatic carbocycles.